The lowest BCUT2D eigenvalue weighted by atomic mass is 10.1. The molecule has 16 heavy (non-hydrogen) atoms. The molecular weight excluding hydrogens is 263 g/mol. The van der Waals surface area contributed by atoms with Crippen LogP contribution in [0.1, 0.15) is 20.8 Å². The smallest absolute Gasteiger partial charge is 0.171 e. The molecule has 0 saturated carbocycles. The van der Waals surface area contributed by atoms with Crippen molar-refractivity contribution in [3.8, 4) is 0 Å². The highest BCUT2D eigenvalue weighted by molar-refractivity contribution is 7.80. The second-order valence-corrected chi connectivity index (χ2v) is 5.71. The zero-order chi connectivity index (χ0) is 12.3. The summed E-state index contributed by atoms with van der Waals surface area (Å²) in [4.78, 5) is 0. The van der Waals surface area contributed by atoms with Gasteiger partial charge in [-0.25, -0.2) is 0 Å². The molecule has 0 amide bonds. The Balaban J connectivity index is 2.70. The maximum Gasteiger partial charge on any atom is 0.171 e. The van der Waals surface area contributed by atoms with Crippen molar-refractivity contribution in [2.75, 3.05) is 5.32 Å². The number of hydrogen-bond acceptors (Lipinski definition) is 1. The van der Waals surface area contributed by atoms with E-state index in [1.165, 1.54) is 0 Å². The average Bonchev–Trinajstić information content (AvgIpc) is 2.06. The molecule has 88 valence electrons. The van der Waals surface area contributed by atoms with Crippen LogP contribution in [0, 0.1) is 0 Å². The molecule has 0 spiro atoms. The van der Waals surface area contributed by atoms with Crippen LogP contribution in [0.15, 0.2) is 18.2 Å². The van der Waals surface area contributed by atoms with Crippen molar-refractivity contribution in [2.24, 2.45) is 0 Å². The fraction of sp³-hybridized carbons (Fsp3) is 0.364. The first-order chi connectivity index (χ1) is 7.28. The van der Waals surface area contributed by atoms with E-state index >= 15 is 0 Å². The van der Waals surface area contributed by atoms with E-state index in [0.717, 1.165) is 5.69 Å². The van der Waals surface area contributed by atoms with Crippen molar-refractivity contribution >= 4 is 46.2 Å². The summed E-state index contributed by atoms with van der Waals surface area (Å²) in [5, 5.41) is 7.85. The molecule has 5 heteroatoms. The van der Waals surface area contributed by atoms with Crippen LogP contribution >= 0.6 is 35.4 Å². The minimum Gasteiger partial charge on any atom is -0.358 e. The Morgan fingerprint density at radius 3 is 2.38 bits per heavy atom. The molecule has 0 bridgehead atoms. The van der Waals surface area contributed by atoms with Gasteiger partial charge in [0.25, 0.3) is 0 Å². The van der Waals surface area contributed by atoms with Crippen LogP contribution in [-0.2, 0) is 0 Å². The Hall–Kier alpha value is -0.510. The minimum atomic E-state index is -0.0804. The summed E-state index contributed by atoms with van der Waals surface area (Å²) in [5.41, 5.74) is 0.663. The quantitative estimate of drug-likeness (QED) is 0.756. The van der Waals surface area contributed by atoms with Crippen LogP contribution < -0.4 is 10.6 Å². The van der Waals surface area contributed by atoms with Crippen molar-refractivity contribution < 1.29 is 0 Å². The van der Waals surface area contributed by atoms with E-state index < -0.39 is 0 Å². The number of nitrogens with one attached hydrogen (secondary N) is 2. The molecule has 2 nitrogen and oxygen atoms in total. The van der Waals surface area contributed by atoms with Gasteiger partial charge in [-0.05, 0) is 51.2 Å². The summed E-state index contributed by atoms with van der Waals surface area (Å²) in [7, 11) is 0. The molecule has 0 aliphatic heterocycles. The van der Waals surface area contributed by atoms with Crippen LogP contribution in [-0.4, -0.2) is 10.7 Å². The summed E-state index contributed by atoms with van der Waals surface area (Å²) in [6.07, 6.45) is 0. The highest BCUT2D eigenvalue weighted by Gasteiger charge is 2.11. The zero-order valence-electron chi connectivity index (χ0n) is 9.40. The van der Waals surface area contributed by atoms with Crippen LogP contribution in [0.3, 0.4) is 0 Å². The Bertz CT molecular complexity index is 399. The van der Waals surface area contributed by atoms with Gasteiger partial charge in [0.05, 0.1) is 10.7 Å². The van der Waals surface area contributed by atoms with E-state index in [1.54, 1.807) is 18.2 Å². The Labute approximate surface area is 111 Å². The maximum absolute atomic E-state index is 6.01. The number of rotatable bonds is 1. The third-order valence-corrected chi connectivity index (χ3v) is 2.42. The number of hydrogen-bond donors (Lipinski definition) is 2. The highest BCUT2D eigenvalue weighted by atomic mass is 35.5. The molecule has 0 fully saturated rings. The second-order valence-electron chi connectivity index (χ2n) is 4.45. The van der Waals surface area contributed by atoms with Gasteiger partial charge in [-0.3, -0.25) is 0 Å². The number of thiocarbonyl (C=S) groups is 1. The van der Waals surface area contributed by atoms with Gasteiger partial charge in [-0.2, -0.15) is 0 Å². The Morgan fingerprint density at radius 2 is 1.88 bits per heavy atom. The zero-order valence-corrected chi connectivity index (χ0v) is 11.7. The predicted octanol–water partition coefficient (Wildman–Crippen LogP) is 4.08. The standard InChI is InChI=1S/C11H14Cl2N2S/c1-11(2,3)15-10(16)14-9-5-4-7(12)6-8(9)13/h4-6H,1-3H3,(H2,14,15,16). The molecule has 1 aromatic rings. The molecule has 0 aliphatic rings. The van der Waals surface area contributed by atoms with Crippen molar-refractivity contribution in [3.05, 3.63) is 28.2 Å². The molecule has 0 aromatic heterocycles. The van der Waals surface area contributed by atoms with E-state index in [-0.39, 0.29) is 5.54 Å². The molecular formula is C11H14Cl2N2S. The number of halogens is 2. The van der Waals surface area contributed by atoms with E-state index in [4.69, 9.17) is 35.4 Å². The molecule has 0 atom stereocenters. The van der Waals surface area contributed by atoms with Gasteiger partial charge in [0.15, 0.2) is 5.11 Å². The molecule has 0 saturated heterocycles. The Morgan fingerprint density at radius 1 is 1.25 bits per heavy atom. The third kappa shape index (κ3) is 4.56. The highest BCUT2D eigenvalue weighted by Crippen LogP contribution is 2.25. The van der Waals surface area contributed by atoms with Crippen LogP contribution in [0.4, 0.5) is 5.69 Å². The van der Waals surface area contributed by atoms with Crippen molar-refractivity contribution in [3.63, 3.8) is 0 Å². The van der Waals surface area contributed by atoms with Crippen molar-refractivity contribution in [1.82, 2.24) is 5.32 Å². The maximum atomic E-state index is 6.01. The summed E-state index contributed by atoms with van der Waals surface area (Å²) in [6.45, 7) is 6.10. The topological polar surface area (TPSA) is 24.1 Å². The van der Waals surface area contributed by atoms with E-state index in [1.807, 2.05) is 20.8 Å². The lowest BCUT2D eigenvalue weighted by Gasteiger charge is -2.23. The lowest BCUT2D eigenvalue weighted by molar-refractivity contribution is 0.515. The first-order valence-electron chi connectivity index (χ1n) is 4.82. The molecule has 0 unspecified atom stereocenters. The normalized spacial score (nSPS) is 11.1. The summed E-state index contributed by atoms with van der Waals surface area (Å²) in [5.74, 6) is 0. The number of benzene rings is 1. The second kappa shape index (κ2) is 5.21. The molecule has 0 heterocycles. The van der Waals surface area contributed by atoms with Crippen molar-refractivity contribution in [1.29, 1.82) is 0 Å². The fourth-order valence-corrected chi connectivity index (χ4v) is 1.96. The van der Waals surface area contributed by atoms with Gasteiger partial charge < -0.3 is 10.6 Å². The van der Waals surface area contributed by atoms with E-state index in [0.29, 0.717) is 15.2 Å². The van der Waals surface area contributed by atoms with Gasteiger partial charge >= 0.3 is 0 Å². The third-order valence-electron chi connectivity index (χ3n) is 1.67. The summed E-state index contributed by atoms with van der Waals surface area (Å²) < 4.78 is 0. The number of anilines is 1. The van der Waals surface area contributed by atoms with Crippen LogP contribution in [0.5, 0.6) is 0 Å². The molecule has 1 rings (SSSR count). The first-order valence-corrected chi connectivity index (χ1v) is 5.98. The summed E-state index contributed by atoms with van der Waals surface area (Å²) >= 11 is 17.0. The van der Waals surface area contributed by atoms with Gasteiger partial charge in [0.2, 0.25) is 0 Å². The van der Waals surface area contributed by atoms with Crippen molar-refractivity contribution in [2.45, 2.75) is 26.3 Å². The SMILES string of the molecule is CC(C)(C)NC(=S)Nc1ccc(Cl)cc1Cl. The summed E-state index contributed by atoms with van der Waals surface area (Å²) in [6, 6.07) is 5.22. The van der Waals surface area contributed by atoms with E-state index in [2.05, 4.69) is 10.6 Å². The molecule has 0 aliphatic carbocycles. The first kappa shape index (κ1) is 13.6. The Kier molecular flexibility index (Phi) is 4.42. The monoisotopic (exact) mass is 276 g/mol. The van der Waals surface area contributed by atoms with E-state index in [9.17, 15) is 0 Å². The van der Waals surface area contributed by atoms with Gasteiger partial charge in [0.1, 0.15) is 0 Å². The van der Waals surface area contributed by atoms with Gasteiger partial charge in [-0.15, -0.1) is 0 Å². The van der Waals surface area contributed by atoms with Gasteiger partial charge in [-0.1, -0.05) is 23.2 Å². The van der Waals surface area contributed by atoms with Crippen LogP contribution in [0.25, 0.3) is 0 Å². The van der Waals surface area contributed by atoms with Gasteiger partial charge in [0, 0.05) is 10.6 Å². The van der Waals surface area contributed by atoms with Crippen LogP contribution in [0.2, 0.25) is 10.0 Å². The minimum absolute atomic E-state index is 0.0804. The molecule has 1 aromatic carbocycles. The molecule has 0 radical (unpaired) electrons. The molecule has 2 N–H and O–H groups in total. The lowest BCUT2D eigenvalue weighted by Crippen LogP contribution is -2.42. The fourth-order valence-electron chi connectivity index (χ4n) is 1.09. The average molecular weight is 277 g/mol. The largest absolute Gasteiger partial charge is 0.358 e. The predicted molar refractivity (Wildman–Crippen MR) is 75.6 cm³/mol.